The van der Waals surface area contributed by atoms with Crippen LogP contribution in [0.25, 0.3) is 0 Å². The topological polar surface area (TPSA) is 91.9 Å². The van der Waals surface area contributed by atoms with Crippen LogP contribution in [0.5, 0.6) is 5.88 Å². The molecule has 0 unspecified atom stereocenters. The molecule has 0 radical (unpaired) electrons. The second-order valence-corrected chi connectivity index (χ2v) is 5.53. The highest BCUT2D eigenvalue weighted by molar-refractivity contribution is 6.36. The van der Waals surface area contributed by atoms with Crippen molar-refractivity contribution in [2.24, 2.45) is 4.99 Å². The summed E-state index contributed by atoms with van der Waals surface area (Å²) in [4.78, 5) is 27.8. The van der Waals surface area contributed by atoms with E-state index in [4.69, 9.17) is 5.11 Å². The second kappa shape index (κ2) is 5.72. The molecule has 118 valence electrons. The van der Waals surface area contributed by atoms with Gasteiger partial charge in [-0.05, 0) is 18.1 Å². The average Bonchev–Trinajstić information content (AvgIpc) is 2.57. The SMILES string of the molecule is Cc1c2c(c(=O)n(Cc3ccccc3)c1O)CC(C(=O)O)=NC2. The monoisotopic (exact) mass is 312 g/mol. The van der Waals surface area contributed by atoms with Crippen LogP contribution in [0.1, 0.15) is 22.3 Å². The Labute approximate surface area is 132 Å². The van der Waals surface area contributed by atoms with Crippen LogP contribution in [-0.2, 0) is 24.3 Å². The number of aliphatic carboxylic acids is 1. The molecule has 2 heterocycles. The van der Waals surface area contributed by atoms with E-state index >= 15 is 0 Å². The molecule has 0 saturated heterocycles. The molecule has 23 heavy (non-hydrogen) atoms. The Morgan fingerprint density at radius 2 is 1.96 bits per heavy atom. The number of carboxylic acids is 1. The first-order valence-corrected chi connectivity index (χ1v) is 7.23. The van der Waals surface area contributed by atoms with Gasteiger partial charge in [0, 0.05) is 17.5 Å². The number of rotatable bonds is 3. The number of aromatic nitrogens is 1. The molecule has 1 aromatic carbocycles. The normalized spacial score (nSPS) is 13.3. The Bertz CT molecular complexity index is 866. The van der Waals surface area contributed by atoms with Crippen LogP contribution in [0.4, 0.5) is 0 Å². The van der Waals surface area contributed by atoms with E-state index in [0.717, 1.165) is 5.56 Å². The lowest BCUT2D eigenvalue weighted by Crippen LogP contribution is -2.32. The molecule has 1 aromatic heterocycles. The zero-order valence-corrected chi connectivity index (χ0v) is 12.6. The highest BCUT2D eigenvalue weighted by Crippen LogP contribution is 2.25. The molecule has 6 nitrogen and oxygen atoms in total. The summed E-state index contributed by atoms with van der Waals surface area (Å²) in [5, 5.41) is 19.5. The summed E-state index contributed by atoms with van der Waals surface area (Å²) < 4.78 is 1.29. The van der Waals surface area contributed by atoms with Crippen LogP contribution < -0.4 is 5.56 Å². The molecule has 0 aliphatic carbocycles. The molecule has 1 aliphatic rings. The van der Waals surface area contributed by atoms with Crippen molar-refractivity contribution in [1.82, 2.24) is 4.57 Å². The van der Waals surface area contributed by atoms with Crippen molar-refractivity contribution in [3.8, 4) is 5.88 Å². The van der Waals surface area contributed by atoms with Crippen LogP contribution in [0.3, 0.4) is 0 Å². The molecule has 2 aromatic rings. The van der Waals surface area contributed by atoms with Gasteiger partial charge >= 0.3 is 5.97 Å². The van der Waals surface area contributed by atoms with E-state index in [0.29, 0.717) is 16.7 Å². The van der Waals surface area contributed by atoms with Crippen LogP contribution in [0, 0.1) is 6.92 Å². The van der Waals surface area contributed by atoms with Gasteiger partial charge in [0.1, 0.15) is 5.71 Å². The van der Waals surface area contributed by atoms with Gasteiger partial charge in [0.15, 0.2) is 5.88 Å². The molecule has 1 aliphatic heterocycles. The maximum atomic E-state index is 12.7. The van der Waals surface area contributed by atoms with Gasteiger partial charge in [0.2, 0.25) is 0 Å². The van der Waals surface area contributed by atoms with E-state index in [1.807, 2.05) is 30.3 Å². The largest absolute Gasteiger partial charge is 0.494 e. The Kier molecular flexibility index (Phi) is 3.73. The molecule has 0 saturated carbocycles. The lowest BCUT2D eigenvalue weighted by molar-refractivity contribution is -0.129. The van der Waals surface area contributed by atoms with Gasteiger partial charge in [-0.15, -0.1) is 0 Å². The number of pyridine rings is 1. The van der Waals surface area contributed by atoms with E-state index in [2.05, 4.69) is 4.99 Å². The summed E-state index contributed by atoms with van der Waals surface area (Å²) in [6.07, 6.45) is -0.0145. The minimum absolute atomic E-state index is 0.0145. The lowest BCUT2D eigenvalue weighted by atomic mass is 9.96. The third-order valence-corrected chi connectivity index (χ3v) is 4.11. The smallest absolute Gasteiger partial charge is 0.350 e. The zero-order valence-electron chi connectivity index (χ0n) is 12.6. The van der Waals surface area contributed by atoms with Crippen molar-refractivity contribution < 1.29 is 15.0 Å². The molecule has 6 heteroatoms. The number of carbonyl (C=O) groups is 1. The highest BCUT2D eigenvalue weighted by Gasteiger charge is 2.25. The first-order chi connectivity index (χ1) is 11.0. The minimum atomic E-state index is -1.12. The van der Waals surface area contributed by atoms with E-state index in [9.17, 15) is 14.7 Å². The maximum absolute atomic E-state index is 12.7. The predicted molar refractivity (Wildman–Crippen MR) is 85.1 cm³/mol. The van der Waals surface area contributed by atoms with E-state index < -0.39 is 5.97 Å². The molecule has 0 fully saturated rings. The molecule has 3 rings (SSSR count). The lowest BCUT2D eigenvalue weighted by Gasteiger charge is -2.20. The average molecular weight is 312 g/mol. The molecule has 0 atom stereocenters. The molecule has 0 spiro atoms. The van der Waals surface area contributed by atoms with Crippen LogP contribution >= 0.6 is 0 Å². The summed E-state index contributed by atoms with van der Waals surface area (Å²) in [6.45, 7) is 2.06. The number of aliphatic imine (C=N–C) groups is 1. The van der Waals surface area contributed by atoms with Gasteiger partial charge in [-0.2, -0.15) is 0 Å². The van der Waals surface area contributed by atoms with Crippen molar-refractivity contribution in [2.45, 2.75) is 26.4 Å². The molecule has 2 N–H and O–H groups in total. The number of hydrogen-bond donors (Lipinski definition) is 2. The Hall–Kier alpha value is -2.89. The quantitative estimate of drug-likeness (QED) is 0.898. The Morgan fingerprint density at radius 3 is 2.61 bits per heavy atom. The predicted octanol–water partition coefficient (Wildman–Crippen LogP) is 1.49. The summed E-state index contributed by atoms with van der Waals surface area (Å²) >= 11 is 0. The first kappa shape index (κ1) is 15.0. The first-order valence-electron chi connectivity index (χ1n) is 7.23. The number of fused-ring (bicyclic) bond motifs is 1. The maximum Gasteiger partial charge on any atom is 0.350 e. The van der Waals surface area contributed by atoms with Crippen molar-refractivity contribution in [3.05, 3.63) is 62.9 Å². The van der Waals surface area contributed by atoms with E-state index in [1.165, 1.54) is 4.57 Å². The second-order valence-electron chi connectivity index (χ2n) is 5.53. The number of aromatic hydroxyl groups is 1. The van der Waals surface area contributed by atoms with Gasteiger partial charge in [0.25, 0.3) is 5.56 Å². The van der Waals surface area contributed by atoms with Crippen molar-refractivity contribution >= 4 is 11.7 Å². The standard InChI is InChI=1S/C17H16N2O4/c1-10-13-8-18-14(17(22)23)7-12(13)16(21)19(15(10)20)9-11-5-3-2-4-6-11/h2-6,20H,7-9H2,1H3,(H,22,23). The van der Waals surface area contributed by atoms with Crippen molar-refractivity contribution in [2.75, 3.05) is 0 Å². The van der Waals surface area contributed by atoms with Crippen LogP contribution in [0.2, 0.25) is 0 Å². The number of benzene rings is 1. The van der Waals surface area contributed by atoms with Gasteiger partial charge in [0.05, 0.1) is 13.1 Å². The van der Waals surface area contributed by atoms with Crippen LogP contribution in [-0.4, -0.2) is 26.5 Å². The van der Waals surface area contributed by atoms with Gasteiger partial charge in [-0.3, -0.25) is 14.4 Å². The molecule has 0 bridgehead atoms. The summed E-state index contributed by atoms with van der Waals surface area (Å²) in [6, 6.07) is 9.32. The van der Waals surface area contributed by atoms with Gasteiger partial charge in [-0.1, -0.05) is 30.3 Å². The fourth-order valence-electron chi connectivity index (χ4n) is 2.80. The van der Waals surface area contributed by atoms with E-state index in [-0.39, 0.29) is 36.7 Å². The minimum Gasteiger partial charge on any atom is -0.494 e. The van der Waals surface area contributed by atoms with Crippen molar-refractivity contribution in [1.29, 1.82) is 0 Å². The van der Waals surface area contributed by atoms with Gasteiger partial charge in [-0.25, -0.2) is 4.79 Å². The number of hydrogen-bond acceptors (Lipinski definition) is 4. The molecule has 0 amide bonds. The fraction of sp³-hybridized carbons (Fsp3) is 0.235. The van der Waals surface area contributed by atoms with Gasteiger partial charge < -0.3 is 10.2 Å². The molecular weight excluding hydrogens is 296 g/mol. The third kappa shape index (κ3) is 2.63. The Balaban J connectivity index is 2.10. The summed E-state index contributed by atoms with van der Waals surface area (Å²) in [7, 11) is 0. The zero-order chi connectivity index (χ0) is 16.6. The van der Waals surface area contributed by atoms with Crippen molar-refractivity contribution in [3.63, 3.8) is 0 Å². The fourth-order valence-corrected chi connectivity index (χ4v) is 2.80. The molecular formula is C17H16N2O4. The number of nitrogens with zero attached hydrogens (tertiary/aromatic N) is 2. The van der Waals surface area contributed by atoms with Crippen LogP contribution in [0.15, 0.2) is 40.1 Å². The summed E-state index contributed by atoms with van der Waals surface area (Å²) in [5.74, 6) is -1.21. The summed E-state index contributed by atoms with van der Waals surface area (Å²) in [5.41, 5.74) is 2.10. The third-order valence-electron chi connectivity index (χ3n) is 4.11. The number of carboxylic acid groups (broad SMARTS) is 1. The Morgan fingerprint density at radius 1 is 1.26 bits per heavy atom. The van der Waals surface area contributed by atoms with E-state index in [1.54, 1.807) is 6.92 Å². The highest BCUT2D eigenvalue weighted by atomic mass is 16.4.